The van der Waals surface area contributed by atoms with Crippen molar-refractivity contribution in [2.75, 3.05) is 17.4 Å². The summed E-state index contributed by atoms with van der Waals surface area (Å²) < 4.78 is 28.5. The van der Waals surface area contributed by atoms with E-state index in [0.717, 1.165) is 4.31 Å². The molecular formula is C27H27Cl4N3O4S. The second kappa shape index (κ2) is 13.7. The number of rotatable bonds is 11. The number of benzene rings is 3. The fraction of sp³-hybridized carbons (Fsp3) is 0.259. The number of nitrogens with zero attached hydrogens (tertiary/aromatic N) is 2. The van der Waals surface area contributed by atoms with E-state index in [1.807, 2.05) is 0 Å². The molecular weight excluding hydrogens is 604 g/mol. The Labute approximate surface area is 248 Å². The molecule has 0 spiro atoms. The van der Waals surface area contributed by atoms with Crippen molar-refractivity contribution < 1.29 is 18.0 Å². The molecule has 1 N–H and O–H groups in total. The zero-order valence-corrected chi connectivity index (χ0v) is 25.0. The van der Waals surface area contributed by atoms with E-state index in [1.165, 1.54) is 41.3 Å². The van der Waals surface area contributed by atoms with Gasteiger partial charge in [-0.25, -0.2) is 8.42 Å². The van der Waals surface area contributed by atoms with E-state index in [4.69, 9.17) is 46.4 Å². The van der Waals surface area contributed by atoms with E-state index in [-0.39, 0.29) is 39.5 Å². The molecule has 0 unspecified atom stereocenters. The smallest absolute Gasteiger partial charge is 0.264 e. The highest BCUT2D eigenvalue weighted by Gasteiger charge is 2.34. The summed E-state index contributed by atoms with van der Waals surface area (Å²) in [6, 6.07) is 16.1. The highest BCUT2D eigenvalue weighted by molar-refractivity contribution is 7.92. The van der Waals surface area contributed by atoms with Crippen LogP contribution in [0.25, 0.3) is 0 Å². The number of hydrogen-bond donors (Lipinski definition) is 1. The van der Waals surface area contributed by atoms with Gasteiger partial charge in [-0.3, -0.25) is 13.9 Å². The molecule has 0 saturated heterocycles. The number of sulfonamides is 1. The molecule has 12 heteroatoms. The quantitative estimate of drug-likeness (QED) is 0.264. The maximum absolute atomic E-state index is 14.0. The van der Waals surface area contributed by atoms with E-state index in [2.05, 4.69) is 5.32 Å². The van der Waals surface area contributed by atoms with Gasteiger partial charge in [0.2, 0.25) is 11.8 Å². The molecule has 0 bridgehead atoms. The monoisotopic (exact) mass is 629 g/mol. The lowest BCUT2D eigenvalue weighted by atomic mass is 10.1. The SMILES string of the molecule is CCNC(=O)[C@@H](CC)N(Cc1ccc(Cl)cc1Cl)C(=O)CN(c1cccc(Cl)c1Cl)S(=O)(=O)c1ccccc1. The Morgan fingerprint density at radius 2 is 1.59 bits per heavy atom. The van der Waals surface area contributed by atoms with E-state index < -0.39 is 28.5 Å². The van der Waals surface area contributed by atoms with Gasteiger partial charge in [-0.2, -0.15) is 0 Å². The second-order valence-electron chi connectivity index (χ2n) is 8.47. The van der Waals surface area contributed by atoms with E-state index in [1.54, 1.807) is 44.2 Å². The molecule has 0 aromatic heterocycles. The van der Waals surface area contributed by atoms with Gasteiger partial charge in [-0.1, -0.05) is 83.7 Å². The summed E-state index contributed by atoms with van der Waals surface area (Å²) in [7, 11) is -4.27. The number of likely N-dealkylation sites (N-methyl/N-ethyl adjacent to an activating group) is 1. The standard InChI is InChI=1S/C27H27Cl4N3O4S/c1-3-23(27(36)32-4-2)33(16-18-13-14-19(28)15-22(18)30)25(35)17-34(24-12-8-11-21(29)26(24)31)39(37,38)20-9-6-5-7-10-20/h5-15,23H,3-4,16-17H2,1-2H3,(H,32,36)/t23-/m1/s1. The average molecular weight is 631 g/mol. The van der Waals surface area contributed by atoms with Crippen molar-refractivity contribution in [3.8, 4) is 0 Å². The summed E-state index contributed by atoms with van der Waals surface area (Å²) in [6.07, 6.45) is 0.270. The Bertz CT molecular complexity index is 1440. The van der Waals surface area contributed by atoms with Gasteiger partial charge in [-0.05, 0) is 55.3 Å². The largest absolute Gasteiger partial charge is 0.355 e. The van der Waals surface area contributed by atoms with Crippen LogP contribution in [0.3, 0.4) is 0 Å². The van der Waals surface area contributed by atoms with Crippen molar-refractivity contribution in [1.82, 2.24) is 10.2 Å². The first-order chi connectivity index (χ1) is 18.5. The molecule has 2 amide bonds. The highest BCUT2D eigenvalue weighted by Crippen LogP contribution is 2.35. The van der Waals surface area contributed by atoms with E-state index in [9.17, 15) is 18.0 Å². The maximum atomic E-state index is 14.0. The lowest BCUT2D eigenvalue weighted by Gasteiger charge is -2.33. The number of halogens is 4. The predicted octanol–water partition coefficient (Wildman–Crippen LogP) is 6.44. The van der Waals surface area contributed by atoms with Crippen LogP contribution in [-0.2, 0) is 26.2 Å². The third-order valence-corrected chi connectivity index (χ3v) is 9.07. The van der Waals surface area contributed by atoms with Crippen LogP contribution in [0.2, 0.25) is 20.1 Å². The molecule has 39 heavy (non-hydrogen) atoms. The molecule has 0 heterocycles. The molecule has 3 aromatic carbocycles. The van der Waals surface area contributed by atoms with Gasteiger partial charge in [0.05, 0.1) is 20.6 Å². The van der Waals surface area contributed by atoms with Crippen molar-refractivity contribution >= 4 is 73.9 Å². The van der Waals surface area contributed by atoms with Crippen LogP contribution in [-0.4, -0.2) is 44.3 Å². The average Bonchev–Trinajstić information content (AvgIpc) is 2.90. The minimum absolute atomic E-state index is 0.0249. The minimum atomic E-state index is -4.27. The lowest BCUT2D eigenvalue weighted by molar-refractivity contribution is -0.140. The maximum Gasteiger partial charge on any atom is 0.264 e. The van der Waals surface area contributed by atoms with Crippen LogP contribution >= 0.6 is 46.4 Å². The van der Waals surface area contributed by atoms with Crippen LogP contribution in [0.15, 0.2) is 71.6 Å². The Morgan fingerprint density at radius 3 is 2.21 bits per heavy atom. The van der Waals surface area contributed by atoms with Gasteiger partial charge in [0.1, 0.15) is 12.6 Å². The topological polar surface area (TPSA) is 86.8 Å². The van der Waals surface area contributed by atoms with Crippen molar-refractivity contribution in [1.29, 1.82) is 0 Å². The Balaban J connectivity index is 2.11. The zero-order valence-electron chi connectivity index (χ0n) is 21.2. The van der Waals surface area contributed by atoms with Crippen molar-refractivity contribution in [3.63, 3.8) is 0 Å². The number of anilines is 1. The summed E-state index contributed by atoms with van der Waals surface area (Å²) in [5.74, 6) is -1.02. The van der Waals surface area contributed by atoms with Crippen LogP contribution in [0.5, 0.6) is 0 Å². The normalized spacial score (nSPS) is 12.1. The van der Waals surface area contributed by atoms with E-state index in [0.29, 0.717) is 22.2 Å². The van der Waals surface area contributed by atoms with Crippen LogP contribution in [0, 0.1) is 0 Å². The minimum Gasteiger partial charge on any atom is -0.355 e. The molecule has 0 aliphatic carbocycles. The van der Waals surface area contributed by atoms with Gasteiger partial charge < -0.3 is 10.2 Å². The van der Waals surface area contributed by atoms with Crippen LogP contribution in [0.1, 0.15) is 25.8 Å². The van der Waals surface area contributed by atoms with Crippen LogP contribution < -0.4 is 9.62 Å². The van der Waals surface area contributed by atoms with E-state index >= 15 is 0 Å². The molecule has 0 saturated carbocycles. The lowest BCUT2D eigenvalue weighted by Crippen LogP contribution is -2.52. The molecule has 208 valence electrons. The van der Waals surface area contributed by atoms with Gasteiger partial charge in [0, 0.05) is 23.1 Å². The summed E-state index contributed by atoms with van der Waals surface area (Å²) in [5, 5.41) is 3.54. The Kier molecular flexibility index (Phi) is 10.9. The number of nitrogens with one attached hydrogen (secondary N) is 1. The van der Waals surface area contributed by atoms with Gasteiger partial charge >= 0.3 is 0 Å². The van der Waals surface area contributed by atoms with Crippen molar-refractivity contribution in [2.45, 2.75) is 37.8 Å². The molecule has 0 radical (unpaired) electrons. The second-order valence-corrected chi connectivity index (χ2v) is 12.0. The first kappa shape index (κ1) is 31.0. The molecule has 1 atom stereocenters. The van der Waals surface area contributed by atoms with Crippen molar-refractivity contribution in [3.05, 3.63) is 92.4 Å². The van der Waals surface area contributed by atoms with Crippen LogP contribution in [0.4, 0.5) is 5.69 Å². The Hall–Kier alpha value is -2.49. The molecule has 7 nitrogen and oxygen atoms in total. The predicted molar refractivity (Wildman–Crippen MR) is 157 cm³/mol. The zero-order chi connectivity index (χ0) is 28.7. The number of carbonyl (C=O) groups is 2. The highest BCUT2D eigenvalue weighted by atomic mass is 35.5. The molecule has 3 rings (SSSR count). The summed E-state index contributed by atoms with van der Waals surface area (Å²) in [6.45, 7) is 3.16. The first-order valence-corrected chi connectivity index (χ1v) is 15.0. The molecule has 0 aliphatic rings. The number of hydrogen-bond acceptors (Lipinski definition) is 4. The first-order valence-electron chi connectivity index (χ1n) is 12.0. The molecule has 0 aliphatic heterocycles. The summed E-state index contributed by atoms with van der Waals surface area (Å²) >= 11 is 25.1. The summed E-state index contributed by atoms with van der Waals surface area (Å²) in [4.78, 5) is 28.2. The third kappa shape index (κ3) is 7.38. The molecule has 0 fully saturated rings. The fourth-order valence-electron chi connectivity index (χ4n) is 3.96. The Morgan fingerprint density at radius 1 is 0.897 bits per heavy atom. The molecule has 3 aromatic rings. The summed E-state index contributed by atoms with van der Waals surface area (Å²) in [5.41, 5.74) is 0.562. The van der Waals surface area contributed by atoms with Gasteiger partial charge in [-0.15, -0.1) is 0 Å². The number of carbonyl (C=O) groups excluding carboxylic acids is 2. The fourth-order valence-corrected chi connectivity index (χ4v) is 6.33. The van der Waals surface area contributed by atoms with Gasteiger partial charge in [0.15, 0.2) is 0 Å². The number of amides is 2. The van der Waals surface area contributed by atoms with Gasteiger partial charge in [0.25, 0.3) is 10.0 Å². The van der Waals surface area contributed by atoms with Crippen molar-refractivity contribution in [2.24, 2.45) is 0 Å². The third-order valence-electron chi connectivity index (χ3n) is 5.90.